The third kappa shape index (κ3) is 6.40. The molecule has 0 aromatic heterocycles. The Bertz CT molecular complexity index is 1340. The predicted octanol–water partition coefficient (Wildman–Crippen LogP) is 5.35. The van der Waals surface area contributed by atoms with Gasteiger partial charge in [-0.1, -0.05) is 13.8 Å². The van der Waals surface area contributed by atoms with Gasteiger partial charge in [-0.2, -0.15) is 0 Å². The number of carbonyl (C=O) groups excluding carboxylic acids is 1. The first-order valence-corrected chi connectivity index (χ1v) is 13.3. The number of aryl methyl sites for hydroxylation is 1. The Kier molecular flexibility index (Phi) is 8.81. The lowest BCUT2D eigenvalue weighted by Gasteiger charge is -2.26. The largest absolute Gasteiger partial charge is 0.497 e. The number of methoxy groups -OCH3 is 2. The first-order chi connectivity index (χ1) is 17.5. The summed E-state index contributed by atoms with van der Waals surface area (Å²) in [6, 6.07) is 14.4. The number of sulfonamides is 1. The van der Waals surface area contributed by atoms with Gasteiger partial charge in [-0.15, -0.1) is 0 Å². The normalized spacial score (nSPS) is 12.2. The first-order valence-electron chi connectivity index (χ1n) is 11.9. The Hall–Kier alpha value is -3.59. The van der Waals surface area contributed by atoms with Crippen LogP contribution in [0.15, 0.2) is 65.6 Å². The van der Waals surface area contributed by atoms with Crippen molar-refractivity contribution in [2.45, 2.75) is 44.6 Å². The Labute approximate surface area is 218 Å². The van der Waals surface area contributed by atoms with E-state index < -0.39 is 34.3 Å². The molecule has 0 spiro atoms. The summed E-state index contributed by atoms with van der Waals surface area (Å²) in [6.07, 6.45) is 0. The van der Waals surface area contributed by atoms with Gasteiger partial charge in [0.1, 0.15) is 23.9 Å². The highest BCUT2D eigenvalue weighted by Crippen LogP contribution is 2.32. The average molecular weight is 529 g/mol. The van der Waals surface area contributed by atoms with Crippen LogP contribution in [0, 0.1) is 12.7 Å². The van der Waals surface area contributed by atoms with Crippen LogP contribution in [0.3, 0.4) is 0 Å². The molecule has 0 saturated heterocycles. The molecule has 0 unspecified atom stereocenters. The molecule has 3 rings (SSSR count). The average Bonchev–Trinajstić information content (AvgIpc) is 2.87. The van der Waals surface area contributed by atoms with Gasteiger partial charge in [0.2, 0.25) is 5.91 Å². The smallest absolute Gasteiger partial charge is 0.264 e. The van der Waals surface area contributed by atoms with Gasteiger partial charge in [0, 0.05) is 0 Å². The van der Waals surface area contributed by atoms with E-state index in [4.69, 9.17) is 9.47 Å². The molecule has 3 aromatic rings. The minimum absolute atomic E-state index is 0.0222. The summed E-state index contributed by atoms with van der Waals surface area (Å²) < 4.78 is 52.3. The summed E-state index contributed by atoms with van der Waals surface area (Å²) in [7, 11) is -1.04. The van der Waals surface area contributed by atoms with Crippen LogP contribution >= 0.6 is 0 Å². The minimum Gasteiger partial charge on any atom is -0.497 e. The standard InChI is InChI=1S/C28H33FN2O5S/c1-18(2)25-16-26(19(3)15-27(25)36-6)20(4)30-28(32)17-31(22-9-7-21(29)8-10-22)37(33,34)24-13-11-23(35-5)12-14-24/h7-16,18,20H,17H2,1-6H3,(H,30,32)/t20-/m0/s1. The van der Waals surface area contributed by atoms with Gasteiger partial charge in [0.05, 0.1) is 30.8 Å². The fraction of sp³-hybridized carbons (Fsp3) is 0.321. The van der Waals surface area contributed by atoms with E-state index >= 15 is 0 Å². The van der Waals surface area contributed by atoms with E-state index in [1.54, 1.807) is 7.11 Å². The molecule has 1 atom stereocenters. The summed E-state index contributed by atoms with van der Waals surface area (Å²) in [6.45, 7) is 7.41. The van der Waals surface area contributed by atoms with Gasteiger partial charge in [0.15, 0.2) is 0 Å². The molecule has 0 aliphatic rings. The molecule has 37 heavy (non-hydrogen) atoms. The summed E-state index contributed by atoms with van der Waals surface area (Å²) in [5, 5.41) is 2.91. The molecule has 1 N–H and O–H groups in total. The number of ether oxygens (including phenoxy) is 2. The van der Waals surface area contributed by atoms with Crippen LogP contribution in [0.25, 0.3) is 0 Å². The molecule has 0 aliphatic heterocycles. The molecule has 7 nitrogen and oxygen atoms in total. The van der Waals surface area contributed by atoms with E-state index in [2.05, 4.69) is 19.2 Å². The van der Waals surface area contributed by atoms with Crippen molar-refractivity contribution in [3.63, 3.8) is 0 Å². The Morgan fingerprint density at radius 3 is 2.11 bits per heavy atom. The number of benzene rings is 3. The third-order valence-electron chi connectivity index (χ3n) is 6.13. The molecule has 0 aliphatic carbocycles. The molecular weight excluding hydrogens is 495 g/mol. The molecule has 0 bridgehead atoms. The number of hydrogen-bond donors (Lipinski definition) is 1. The highest BCUT2D eigenvalue weighted by Gasteiger charge is 2.28. The maximum absolute atomic E-state index is 13.6. The lowest BCUT2D eigenvalue weighted by Crippen LogP contribution is -2.41. The molecule has 0 saturated carbocycles. The van der Waals surface area contributed by atoms with E-state index in [1.165, 1.54) is 43.5 Å². The molecule has 9 heteroatoms. The van der Waals surface area contributed by atoms with Crippen molar-refractivity contribution < 1.29 is 27.1 Å². The number of hydrogen-bond acceptors (Lipinski definition) is 5. The van der Waals surface area contributed by atoms with Crippen LogP contribution < -0.4 is 19.1 Å². The van der Waals surface area contributed by atoms with Crippen LogP contribution in [0.1, 0.15) is 49.4 Å². The van der Waals surface area contributed by atoms with Crippen LogP contribution in [-0.2, 0) is 14.8 Å². The molecule has 0 radical (unpaired) electrons. The van der Waals surface area contributed by atoms with Gasteiger partial charge in [-0.05, 0) is 97.1 Å². The Morgan fingerprint density at radius 2 is 1.57 bits per heavy atom. The van der Waals surface area contributed by atoms with Crippen LogP contribution in [0.5, 0.6) is 11.5 Å². The zero-order valence-corrected chi connectivity index (χ0v) is 22.7. The predicted molar refractivity (Wildman–Crippen MR) is 142 cm³/mol. The highest BCUT2D eigenvalue weighted by atomic mass is 32.2. The Morgan fingerprint density at radius 1 is 0.946 bits per heavy atom. The van der Waals surface area contributed by atoms with Gasteiger partial charge < -0.3 is 14.8 Å². The highest BCUT2D eigenvalue weighted by molar-refractivity contribution is 7.92. The van der Waals surface area contributed by atoms with Crippen molar-refractivity contribution in [1.29, 1.82) is 0 Å². The van der Waals surface area contributed by atoms with Crippen LogP contribution in [-0.4, -0.2) is 35.1 Å². The fourth-order valence-corrected chi connectivity index (χ4v) is 5.52. The summed E-state index contributed by atoms with van der Waals surface area (Å²) >= 11 is 0. The number of carbonyl (C=O) groups is 1. The van der Waals surface area contributed by atoms with E-state index in [-0.39, 0.29) is 16.5 Å². The monoisotopic (exact) mass is 528 g/mol. The summed E-state index contributed by atoms with van der Waals surface area (Å²) in [4.78, 5) is 13.2. The topological polar surface area (TPSA) is 84.9 Å². The summed E-state index contributed by atoms with van der Waals surface area (Å²) in [5.41, 5.74) is 3.03. The van der Waals surface area contributed by atoms with Crippen molar-refractivity contribution in [3.8, 4) is 11.5 Å². The molecular formula is C28H33FN2O5S. The van der Waals surface area contributed by atoms with Gasteiger partial charge in [-0.3, -0.25) is 9.10 Å². The molecule has 3 aromatic carbocycles. The van der Waals surface area contributed by atoms with Gasteiger partial charge >= 0.3 is 0 Å². The molecule has 1 amide bonds. The van der Waals surface area contributed by atoms with E-state index in [1.807, 2.05) is 26.0 Å². The van der Waals surface area contributed by atoms with Crippen molar-refractivity contribution in [2.24, 2.45) is 0 Å². The maximum atomic E-state index is 13.6. The number of rotatable bonds is 10. The van der Waals surface area contributed by atoms with Crippen molar-refractivity contribution in [1.82, 2.24) is 5.32 Å². The van der Waals surface area contributed by atoms with Gasteiger partial charge in [0.25, 0.3) is 10.0 Å². The quantitative estimate of drug-likeness (QED) is 0.384. The number of anilines is 1. The van der Waals surface area contributed by atoms with Crippen molar-refractivity contribution in [3.05, 3.63) is 83.2 Å². The SMILES string of the molecule is COc1ccc(S(=O)(=O)N(CC(=O)N[C@@H](C)c2cc(C(C)C)c(OC)cc2C)c2ccc(F)cc2)cc1. The van der Waals surface area contributed by atoms with Crippen LogP contribution in [0.4, 0.5) is 10.1 Å². The Balaban J connectivity index is 1.91. The van der Waals surface area contributed by atoms with E-state index in [0.29, 0.717) is 5.75 Å². The number of nitrogens with one attached hydrogen (secondary N) is 1. The first kappa shape index (κ1) is 28.0. The van der Waals surface area contributed by atoms with Gasteiger partial charge in [-0.25, -0.2) is 12.8 Å². The number of amides is 1. The fourth-order valence-electron chi connectivity index (χ4n) is 4.10. The lowest BCUT2D eigenvalue weighted by atomic mass is 9.93. The van der Waals surface area contributed by atoms with Crippen molar-refractivity contribution in [2.75, 3.05) is 25.1 Å². The van der Waals surface area contributed by atoms with Crippen LogP contribution in [0.2, 0.25) is 0 Å². The molecule has 0 heterocycles. The summed E-state index contributed by atoms with van der Waals surface area (Å²) in [5.74, 6) is 0.466. The lowest BCUT2D eigenvalue weighted by molar-refractivity contribution is -0.120. The number of halogens is 1. The molecule has 0 fully saturated rings. The zero-order chi connectivity index (χ0) is 27.3. The second kappa shape index (κ2) is 11.6. The second-order valence-corrected chi connectivity index (χ2v) is 10.9. The molecule has 198 valence electrons. The maximum Gasteiger partial charge on any atom is 0.264 e. The third-order valence-corrected chi connectivity index (χ3v) is 7.92. The van der Waals surface area contributed by atoms with Crippen molar-refractivity contribution >= 4 is 21.6 Å². The minimum atomic E-state index is -4.14. The second-order valence-electron chi connectivity index (χ2n) is 9.06. The number of nitrogens with zero attached hydrogens (tertiary/aromatic N) is 1. The van der Waals surface area contributed by atoms with E-state index in [0.717, 1.165) is 38.9 Å². The zero-order valence-electron chi connectivity index (χ0n) is 21.9. The van der Waals surface area contributed by atoms with E-state index in [9.17, 15) is 17.6 Å².